The van der Waals surface area contributed by atoms with E-state index in [9.17, 15) is 0 Å². The minimum atomic E-state index is 0.0681. The van der Waals surface area contributed by atoms with E-state index in [1.807, 2.05) is 7.05 Å². The first-order chi connectivity index (χ1) is 8.93. The van der Waals surface area contributed by atoms with Crippen molar-refractivity contribution in [3.63, 3.8) is 0 Å². The van der Waals surface area contributed by atoms with Crippen LogP contribution in [-0.4, -0.2) is 34.4 Å². The second kappa shape index (κ2) is 6.92. The largest absolute Gasteiger partial charge is 0.496 e. The second-order valence-electron chi connectivity index (χ2n) is 5.92. The summed E-state index contributed by atoms with van der Waals surface area (Å²) in [6.07, 6.45) is 0. The fourth-order valence-corrected chi connectivity index (χ4v) is 2.29. The zero-order valence-electron chi connectivity index (χ0n) is 13.0. The molecule has 1 unspecified atom stereocenters. The van der Waals surface area contributed by atoms with Gasteiger partial charge in [-0.3, -0.25) is 0 Å². The van der Waals surface area contributed by atoms with E-state index < -0.39 is 0 Å². The Morgan fingerprint density at radius 2 is 1.89 bits per heavy atom. The van der Waals surface area contributed by atoms with Crippen molar-refractivity contribution in [3.8, 4) is 5.75 Å². The lowest BCUT2D eigenvalue weighted by molar-refractivity contribution is 0.178. The predicted molar refractivity (Wildman–Crippen MR) is 80.2 cm³/mol. The Morgan fingerprint density at radius 3 is 2.37 bits per heavy atom. The molecule has 0 spiro atoms. The third-order valence-corrected chi connectivity index (χ3v) is 3.32. The minimum absolute atomic E-state index is 0.0681. The van der Waals surface area contributed by atoms with Crippen LogP contribution in [0.25, 0.3) is 0 Å². The minimum Gasteiger partial charge on any atom is -0.496 e. The van der Waals surface area contributed by atoms with Gasteiger partial charge in [-0.1, -0.05) is 32.9 Å². The standard InChI is InChI=1S/C16H27NO2/c1-16(2,3)14-9-12(7-8-15(14)19-6)13(10-17-4)11-18-5/h7-9,13,17H,10-11H2,1-6H3. The summed E-state index contributed by atoms with van der Waals surface area (Å²) in [5, 5.41) is 3.23. The van der Waals surface area contributed by atoms with E-state index in [0.29, 0.717) is 5.92 Å². The van der Waals surface area contributed by atoms with E-state index in [2.05, 4.69) is 44.3 Å². The number of hydrogen-bond acceptors (Lipinski definition) is 3. The highest BCUT2D eigenvalue weighted by Crippen LogP contribution is 2.33. The average Bonchev–Trinajstić information content (AvgIpc) is 2.37. The number of nitrogens with one attached hydrogen (secondary N) is 1. The van der Waals surface area contributed by atoms with Gasteiger partial charge in [0.15, 0.2) is 0 Å². The Hall–Kier alpha value is -1.06. The molecule has 0 fully saturated rings. The molecule has 0 heterocycles. The molecular formula is C16H27NO2. The monoisotopic (exact) mass is 265 g/mol. The first kappa shape index (κ1) is 16.0. The molecule has 108 valence electrons. The summed E-state index contributed by atoms with van der Waals surface area (Å²) >= 11 is 0. The predicted octanol–water partition coefficient (Wildman–Crippen LogP) is 2.94. The number of rotatable bonds is 6. The van der Waals surface area contributed by atoms with Gasteiger partial charge >= 0.3 is 0 Å². The highest BCUT2D eigenvalue weighted by atomic mass is 16.5. The van der Waals surface area contributed by atoms with E-state index in [4.69, 9.17) is 9.47 Å². The van der Waals surface area contributed by atoms with E-state index in [1.165, 1.54) is 11.1 Å². The van der Waals surface area contributed by atoms with Gasteiger partial charge in [0.1, 0.15) is 5.75 Å². The number of benzene rings is 1. The highest BCUT2D eigenvalue weighted by Gasteiger charge is 2.21. The van der Waals surface area contributed by atoms with Crippen molar-refractivity contribution >= 4 is 0 Å². The molecule has 19 heavy (non-hydrogen) atoms. The zero-order chi connectivity index (χ0) is 14.5. The van der Waals surface area contributed by atoms with Crippen molar-refractivity contribution in [2.75, 3.05) is 34.4 Å². The maximum atomic E-state index is 5.48. The first-order valence-electron chi connectivity index (χ1n) is 6.76. The molecule has 0 aliphatic carbocycles. The summed E-state index contributed by atoms with van der Waals surface area (Å²) < 4.78 is 10.8. The van der Waals surface area contributed by atoms with Gasteiger partial charge in [-0.15, -0.1) is 0 Å². The van der Waals surface area contributed by atoms with Gasteiger partial charge in [0.05, 0.1) is 13.7 Å². The number of methoxy groups -OCH3 is 2. The summed E-state index contributed by atoms with van der Waals surface area (Å²) in [6.45, 7) is 8.24. The summed E-state index contributed by atoms with van der Waals surface area (Å²) in [7, 11) is 5.44. The van der Waals surface area contributed by atoms with Crippen LogP contribution in [0.15, 0.2) is 18.2 Å². The molecule has 1 atom stereocenters. The van der Waals surface area contributed by atoms with Crippen molar-refractivity contribution < 1.29 is 9.47 Å². The molecule has 0 aliphatic rings. The van der Waals surface area contributed by atoms with Gasteiger partial charge < -0.3 is 14.8 Å². The third-order valence-electron chi connectivity index (χ3n) is 3.32. The Kier molecular flexibility index (Phi) is 5.83. The van der Waals surface area contributed by atoms with E-state index >= 15 is 0 Å². The highest BCUT2D eigenvalue weighted by molar-refractivity contribution is 5.42. The van der Waals surface area contributed by atoms with Crippen molar-refractivity contribution in [2.45, 2.75) is 32.1 Å². The van der Waals surface area contributed by atoms with Gasteiger partial charge in [-0.2, -0.15) is 0 Å². The normalized spacial score (nSPS) is 13.4. The molecule has 3 heteroatoms. The third kappa shape index (κ3) is 4.22. The summed E-state index contributed by atoms with van der Waals surface area (Å²) in [5.41, 5.74) is 2.60. The van der Waals surface area contributed by atoms with Crippen molar-refractivity contribution in [2.24, 2.45) is 0 Å². The van der Waals surface area contributed by atoms with Crippen LogP contribution in [0.3, 0.4) is 0 Å². The summed E-state index contributed by atoms with van der Waals surface area (Å²) in [6, 6.07) is 6.45. The van der Waals surface area contributed by atoms with Gasteiger partial charge in [0, 0.05) is 19.6 Å². The number of ether oxygens (including phenoxy) is 2. The SMILES string of the molecule is CNCC(COC)c1ccc(OC)c(C(C)(C)C)c1. The van der Waals surface area contributed by atoms with Crippen LogP contribution in [0.1, 0.15) is 37.8 Å². The second-order valence-corrected chi connectivity index (χ2v) is 5.92. The Labute approximate surface area is 117 Å². The average molecular weight is 265 g/mol. The molecule has 1 rings (SSSR count). The lowest BCUT2D eigenvalue weighted by atomic mass is 9.83. The quantitative estimate of drug-likeness (QED) is 0.858. The number of likely N-dealkylation sites (N-methyl/N-ethyl adjacent to an activating group) is 1. The summed E-state index contributed by atoms with van der Waals surface area (Å²) in [4.78, 5) is 0. The van der Waals surface area contributed by atoms with Crippen LogP contribution < -0.4 is 10.1 Å². The molecule has 0 aliphatic heterocycles. The Morgan fingerprint density at radius 1 is 1.21 bits per heavy atom. The molecule has 1 aromatic rings. The molecule has 0 saturated carbocycles. The van der Waals surface area contributed by atoms with Crippen molar-refractivity contribution in [1.82, 2.24) is 5.32 Å². The maximum Gasteiger partial charge on any atom is 0.122 e. The zero-order valence-corrected chi connectivity index (χ0v) is 13.0. The van der Waals surface area contributed by atoms with E-state index in [1.54, 1.807) is 14.2 Å². The van der Waals surface area contributed by atoms with Gasteiger partial charge in [-0.25, -0.2) is 0 Å². The van der Waals surface area contributed by atoms with Gasteiger partial charge in [-0.05, 0) is 29.7 Å². The molecule has 0 aromatic heterocycles. The van der Waals surface area contributed by atoms with Crippen molar-refractivity contribution in [1.29, 1.82) is 0 Å². The first-order valence-corrected chi connectivity index (χ1v) is 6.76. The molecule has 0 amide bonds. The van der Waals surface area contributed by atoms with Crippen LogP contribution in [0.2, 0.25) is 0 Å². The van der Waals surface area contributed by atoms with Gasteiger partial charge in [0.2, 0.25) is 0 Å². The van der Waals surface area contributed by atoms with Gasteiger partial charge in [0.25, 0.3) is 0 Å². The lowest BCUT2D eigenvalue weighted by Gasteiger charge is -2.25. The summed E-state index contributed by atoms with van der Waals surface area (Å²) in [5.74, 6) is 1.32. The molecule has 0 radical (unpaired) electrons. The van der Waals surface area contributed by atoms with E-state index in [-0.39, 0.29) is 5.41 Å². The Balaban J connectivity index is 3.15. The fraction of sp³-hybridized carbons (Fsp3) is 0.625. The topological polar surface area (TPSA) is 30.5 Å². The van der Waals surface area contributed by atoms with Crippen LogP contribution in [0, 0.1) is 0 Å². The maximum absolute atomic E-state index is 5.48. The number of hydrogen-bond donors (Lipinski definition) is 1. The molecule has 0 bridgehead atoms. The Bertz CT molecular complexity index is 390. The van der Waals surface area contributed by atoms with Crippen LogP contribution in [0.4, 0.5) is 0 Å². The van der Waals surface area contributed by atoms with Crippen LogP contribution >= 0.6 is 0 Å². The molecule has 0 saturated heterocycles. The van der Waals surface area contributed by atoms with Crippen LogP contribution in [0.5, 0.6) is 5.75 Å². The van der Waals surface area contributed by atoms with E-state index in [0.717, 1.165) is 18.9 Å². The van der Waals surface area contributed by atoms with Crippen molar-refractivity contribution in [3.05, 3.63) is 29.3 Å². The molecular weight excluding hydrogens is 238 g/mol. The molecule has 1 N–H and O–H groups in total. The molecule has 3 nitrogen and oxygen atoms in total. The van der Waals surface area contributed by atoms with Crippen LogP contribution in [-0.2, 0) is 10.2 Å². The molecule has 1 aromatic carbocycles. The lowest BCUT2D eigenvalue weighted by Crippen LogP contribution is -2.22. The fourth-order valence-electron chi connectivity index (χ4n) is 2.29. The smallest absolute Gasteiger partial charge is 0.122 e.